The van der Waals surface area contributed by atoms with E-state index in [4.69, 9.17) is 0 Å². The highest BCUT2D eigenvalue weighted by molar-refractivity contribution is 5.96. The maximum atomic E-state index is 12.1. The van der Waals surface area contributed by atoms with Gasteiger partial charge in [0.2, 0.25) is 0 Å². The molecule has 0 aliphatic rings. The zero-order valence-electron chi connectivity index (χ0n) is 15.3. The van der Waals surface area contributed by atoms with Crippen molar-refractivity contribution in [3.63, 3.8) is 0 Å². The van der Waals surface area contributed by atoms with Gasteiger partial charge < -0.3 is 9.90 Å². The Labute approximate surface area is 149 Å². The molecular weight excluding hydrogens is 312 g/mol. The van der Waals surface area contributed by atoms with Crippen molar-refractivity contribution in [3.8, 4) is 5.75 Å². The second-order valence-electron chi connectivity index (χ2n) is 6.71. The molecule has 2 rings (SSSR count). The predicted molar refractivity (Wildman–Crippen MR) is 100 cm³/mol. The predicted octanol–water partition coefficient (Wildman–Crippen LogP) is 5.02. The van der Waals surface area contributed by atoms with Gasteiger partial charge in [-0.05, 0) is 61.1 Å². The van der Waals surface area contributed by atoms with Crippen LogP contribution in [-0.4, -0.2) is 17.2 Å². The fourth-order valence-electron chi connectivity index (χ4n) is 3.71. The van der Waals surface area contributed by atoms with E-state index in [-0.39, 0.29) is 29.3 Å². The Kier molecular flexibility index (Phi) is 6.13. The minimum atomic E-state index is -0.154. The number of aromatic hydroxyl groups is 1. The molecule has 0 heterocycles. The zero-order chi connectivity index (χ0) is 18.6. The summed E-state index contributed by atoms with van der Waals surface area (Å²) in [5, 5.41) is 9.95. The van der Waals surface area contributed by atoms with E-state index in [1.807, 2.05) is 39.0 Å². The molecule has 0 bridgehead atoms. The molecule has 132 valence electrons. The summed E-state index contributed by atoms with van der Waals surface area (Å²) >= 11 is 0. The molecule has 2 aromatic rings. The number of hydrogen-bond donors (Lipinski definition) is 1. The molecule has 2 aromatic carbocycles. The maximum absolute atomic E-state index is 12.1. The summed E-state index contributed by atoms with van der Waals surface area (Å²) in [7, 11) is 0. The van der Waals surface area contributed by atoms with E-state index in [1.165, 1.54) is 13.0 Å². The fourth-order valence-corrected chi connectivity index (χ4v) is 3.71. The maximum Gasteiger partial charge on any atom is 0.160 e. The molecule has 25 heavy (non-hydrogen) atoms. The lowest BCUT2D eigenvalue weighted by Gasteiger charge is -2.31. The third-order valence-corrected chi connectivity index (χ3v) is 5.10. The van der Waals surface area contributed by atoms with Gasteiger partial charge in [-0.1, -0.05) is 38.1 Å². The van der Waals surface area contributed by atoms with Gasteiger partial charge in [-0.15, -0.1) is 0 Å². The Morgan fingerprint density at radius 1 is 1.16 bits per heavy atom. The molecule has 3 unspecified atom stereocenters. The van der Waals surface area contributed by atoms with Gasteiger partial charge in [0, 0.05) is 17.4 Å². The first-order valence-electron chi connectivity index (χ1n) is 8.75. The number of phenols is 1. The van der Waals surface area contributed by atoms with E-state index in [1.54, 1.807) is 12.1 Å². The van der Waals surface area contributed by atoms with Crippen LogP contribution in [-0.2, 0) is 4.79 Å². The van der Waals surface area contributed by atoms with Gasteiger partial charge in [-0.2, -0.15) is 0 Å². The molecule has 0 aromatic heterocycles. The highest BCUT2D eigenvalue weighted by Gasteiger charge is 2.31. The fraction of sp³-hybridized carbons (Fsp3) is 0.364. The van der Waals surface area contributed by atoms with E-state index >= 15 is 0 Å². The van der Waals surface area contributed by atoms with Crippen LogP contribution in [0.2, 0.25) is 0 Å². The Hall–Kier alpha value is -2.42. The molecule has 0 radical (unpaired) electrons. The first-order valence-corrected chi connectivity index (χ1v) is 8.75. The van der Waals surface area contributed by atoms with Gasteiger partial charge in [0.15, 0.2) is 5.78 Å². The van der Waals surface area contributed by atoms with Crippen LogP contribution in [0.3, 0.4) is 0 Å². The van der Waals surface area contributed by atoms with Crippen LogP contribution < -0.4 is 0 Å². The van der Waals surface area contributed by atoms with Crippen molar-refractivity contribution in [2.45, 2.75) is 46.0 Å². The van der Waals surface area contributed by atoms with Crippen molar-refractivity contribution in [2.24, 2.45) is 5.92 Å². The van der Waals surface area contributed by atoms with Gasteiger partial charge in [-0.25, -0.2) is 0 Å². The first kappa shape index (κ1) is 18.9. The second-order valence-corrected chi connectivity index (χ2v) is 6.71. The first-order chi connectivity index (χ1) is 11.9. The molecule has 0 saturated carbocycles. The van der Waals surface area contributed by atoms with Gasteiger partial charge in [-0.3, -0.25) is 4.79 Å². The van der Waals surface area contributed by atoms with E-state index in [2.05, 4.69) is 6.07 Å². The third-order valence-electron chi connectivity index (χ3n) is 5.10. The standard InChI is InChI=1S/C22H26O3/c1-5-17(13-23)22(19-9-7-6-8-14(19)2)15(3)21-12-18(25)10-11-20(21)16(4)24/h6-13,15,17,22,25H,5H2,1-4H3. The van der Waals surface area contributed by atoms with Crippen molar-refractivity contribution in [3.05, 3.63) is 64.7 Å². The average Bonchev–Trinajstić information content (AvgIpc) is 2.59. The van der Waals surface area contributed by atoms with Crippen molar-refractivity contribution in [2.75, 3.05) is 0 Å². The molecular formula is C22H26O3. The monoisotopic (exact) mass is 338 g/mol. The van der Waals surface area contributed by atoms with Gasteiger partial charge in [0.1, 0.15) is 12.0 Å². The highest BCUT2D eigenvalue weighted by atomic mass is 16.3. The van der Waals surface area contributed by atoms with Gasteiger partial charge >= 0.3 is 0 Å². The molecule has 0 fully saturated rings. The number of carbonyl (C=O) groups excluding carboxylic acids is 2. The molecule has 0 saturated heterocycles. The van der Waals surface area contributed by atoms with E-state index in [9.17, 15) is 14.7 Å². The van der Waals surface area contributed by atoms with E-state index in [0.717, 1.165) is 29.4 Å². The minimum absolute atomic E-state index is 0.0375. The molecule has 0 aliphatic heterocycles. The highest BCUT2D eigenvalue weighted by Crippen LogP contribution is 2.42. The van der Waals surface area contributed by atoms with Crippen molar-refractivity contribution < 1.29 is 14.7 Å². The average molecular weight is 338 g/mol. The number of benzene rings is 2. The summed E-state index contributed by atoms with van der Waals surface area (Å²) < 4.78 is 0. The number of phenolic OH excluding ortho intramolecular Hbond substituents is 1. The summed E-state index contributed by atoms with van der Waals surface area (Å²) in [5.74, 6) is -0.192. The number of rotatable bonds is 7. The van der Waals surface area contributed by atoms with Crippen LogP contribution in [0.1, 0.15) is 66.1 Å². The smallest absolute Gasteiger partial charge is 0.160 e. The van der Waals surface area contributed by atoms with Gasteiger partial charge in [0.05, 0.1) is 0 Å². The lowest BCUT2D eigenvalue weighted by molar-refractivity contribution is -0.112. The summed E-state index contributed by atoms with van der Waals surface area (Å²) in [6, 6.07) is 12.9. The van der Waals surface area contributed by atoms with Crippen LogP contribution in [0.5, 0.6) is 5.75 Å². The molecule has 0 aliphatic carbocycles. The summed E-state index contributed by atoms with van der Waals surface area (Å²) in [4.78, 5) is 23.8. The number of Topliss-reactive ketones (excluding diaryl/α,β-unsaturated/α-hetero) is 1. The van der Waals surface area contributed by atoms with Crippen LogP contribution in [0.25, 0.3) is 0 Å². The van der Waals surface area contributed by atoms with E-state index < -0.39 is 0 Å². The van der Waals surface area contributed by atoms with Crippen molar-refractivity contribution in [1.82, 2.24) is 0 Å². The third kappa shape index (κ3) is 3.98. The Bertz CT molecular complexity index is 764. The zero-order valence-corrected chi connectivity index (χ0v) is 15.3. The minimum Gasteiger partial charge on any atom is -0.508 e. The summed E-state index contributed by atoms with van der Waals surface area (Å²) in [5.41, 5.74) is 3.64. The number of carbonyl (C=O) groups is 2. The van der Waals surface area contributed by atoms with Crippen LogP contribution in [0.4, 0.5) is 0 Å². The molecule has 0 spiro atoms. The summed E-state index contributed by atoms with van der Waals surface area (Å²) in [6.07, 6.45) is 1.74. The second kappa shape index (κ2) is 8.11. The number of hydrogen-bond acceptors (Lipinski definition) is 3. The number of aryl methyl sites for hydroxylation is 1. The molecule has 1 N–H and O–H groups in total. The largest absolute Gasteiger partial charge is 0.508 e. The van der Waals surface area contributed by atoms with Crippen molar-refractivity contribution >= 4 is 12.1 Å². The lowest BCUT2D eigenvalue weighted by atomic mass is 9.72. The number of aldehydes is 1. The van der Waals surface area contributed by atoms with Crippen LogP contribution in [0.15, 0.2) is 42.5 Å². The number of ketones is 1. The van der Waals surface area contributed by atoms with E-state index in [0.29, 0.717) is 5.56 Å². The molecule has 3 heteroatoms. The normalized spacial score (nSPS) is 14.6. The van der Waals surface area contributed by atoms with Crippen LogP contribution in [0, 0.1) is 12.8 Å². The topological polar surface area (TPSA) is 54.4 Å². The quantitative estimate of drug-likeness (QED) is 0.570. The molecule has 3 atom stereocenters. The molecule has 0 amide bonds. The Balaban J connectivity index is 2.63. The van der Waals surface area contributed by atoms with Crippen molar-refractivity contribution in [1.29, 1.82) is 0 Å². The SMILES string of the molecule is CCC(C=O)C(c1ccccc1C)C(C)c1cc(O)ccc1C(C)=O. The summed E-state index contributed by atoms with van der Waals surface area (Å²) in [6.45, 7) is 7.61. The molecule has 3 nitrogen and oxygen atoms in total. The Morgan fingerprint density at radius 2 is 1.84 bits per heavy atom. The van der Waals surface area contributed by atoms with Crippen LogP contribution >= 0.6 is 0 Å². The lowest BCUT2D eigenvalue weighted by Crippen LogP contribution is -2.22. The Morgan fingerprint density at radius 3 is 2.40 bits per heavy atom. The van der Waals surface area contributed by atoms with Gasteiger partial charge in [0.25, 0.3) is 0 Å².